The second-order valence-corrected chi connectivity index (χ2v) is 10.6. The van der Waals surface area contributed by atoms with Crippen LogP contribution in [0.5, 0.6) is 0 Å². The van der Waals surface area contributed by atoms with E-state index in [1.54, 1.807) is 30.2 Å². The molecule has 2 aliphatic carbocycles. The fourth-order valence-electron chi connectivity index (χ4n) is 5.79. The summed E-state index contributed by atoms with van der Waals surface area (Å²) in [6, 6.07) is 18.7. The van der Waals surface area contributed by atoms with Crippen molar-refractivity contribution < 1.29 is 9.59 Å². The van der Waals surface area contributed by atoms with Gasteiger partial charge in [0.2, 0.25) is 17.4 Å². The number of aryl methyl sites for hydroxylation is 1. The van der Waals surface area contributed by atoms with E-state index in [1.165, 1.54) is 10.6 Å². The Kier molecular flexibility index (Phi) is 4.70. The number of carbonyl (C=O) groups excluding carboxylic acids is 2. The standard InChI is InChI=1S/C29H27N5O3/c1-32-17-22(10-12-24(32)35)34-23-11-9-21(15-20(23)16-30-34)33-25(18-5-3-2-4-6-18)26(29(13-14-29)28(33)37)31-27(36)19-7-8-19/h2-6,9-12,15-17,19,25-26H,7-8,13-14H2,1H3,(H,31,36). The van der Waals surface area contributed by atoms with Crippen LogP contribution in [0, 0.1) is 11.3 Å². The van der Waals surface area contributed by atoms with Crippen molar-refractivity contribution in [2.45, 2.75) is 37.8 Å². The predicted molar refractivity (Wildman–Crippen MR) is 139 cm³/mol. The number of pyridine rings is 1. The van der Waals surface area contributed by atoms with Gasteiger partial charge >= 0.3 is 0 Å². The van der Waals surface area contributed by atoms with Crippen LogP contribution in [-0.4, -0.2) is 32.2 Å². The van der Waals surface area contributed by atoms with Gasteiger partial charge in [-0.1, -0.05) is 30.3 Å². The number of rotatable bonds is 5. The molecular formula is C29H27N5O3. The van der Waals surface area contributed by atoms with E-state index < -0.39 is 5.41 Å². The number of amides is 2. The van der Waals surface area contributed by atoms with Crippen LogP contribution in [0.15, 0.2) is 77.9 Å². The number of hydrogen-bond acceptors (Lipinski definition) is 4. The van der Waals surface area contributed by atoms with E-state index in [0.717, 1.165) is 53.5 Å². The van der Waals surface area contributed by atoms with Gasteiger partial charge in [0.05, 0.1) is 34.9 Å². The number of carbonyl (C=O) groups is 2. The summed E-state index contributed by atoms with van der Waals surface area (Å²) in [5.74, 6) is 0.226. The van der Waals surface area contributed by atoms with E-state index in [1.807, 2.05) is 53.4 Å². The molecule has 2 saturated carbocycles. The molecule has 0 bridgehead atoms. The molecule has 3 heterocycles. The second-order valence-electron chi connectivity index (χ2n) is 10.6. The van der Waals surface area contributed by atoms with E-state index in [2.05, 4.69) is 10.4 Å². The Hall–Kier alpha value is -4.20. The highest BCUT2D eigenvalue weighted by atomic mass is 16.2. The number of aromatic nitrogens is 3. The molecule has 8 heteroatoms. The first-order valence-corrected chi connectivity index (χ1v) is 12.8. The molecule has 7 rings (SSSR count). The molecule has 2 aromatic heterocycles. The first kappa shape index (κ1) is 22.0. The lowest BCUT2D eigenvalue weighted by Gasteiger charge is -2.29. The Morgan fingerprint density at radius 2 is 1.76 bits per heavy atom. The number of fused-ring (bicyclic) bond motifs is 1. The Labute approximate surface area is 213 Å². The zero-order chi connectivity index (χ0) is 25.3. The smallest absolute Gasteiger partial charge is 0.250 e. The van der Waals surface area contributed by atoms with Gasteiger partial charge in [-0.25, -0.2) is 4.68 Å². The Morgan fingerprint density at radius 1 is 1.00 bits per heavy atom. The molecule has 1 spiro atoms. The van der Waals surface area contributed by atoms with Crippen molar-refractivity contribution >= 4 is 28.4 Å². The number of nitrogens with one attached hydrogen (secondary N) is 1. The summed E-state index contributed by atoms with van der Waals surface area (Å²) in [7, 11) is 1.71. The minimum absolute atomic E-state index is 0.0702. The third-order valence-corrected chi connectivity index (χ3v) is 8.15. The van der Waals surface area contributed by atoms with Gasteiger partial charge in [0.15, 0.2) is 0 Å². The minimum Gasteiger partial charge on any atom is -0.350 e. The second kappa shape index (κ2) is 7.90. The number of anilines is 1. The number of benzene rings is 2. The maximum Gasteiger partial charge on any atom is 0.250 e. The SMILES string of the molecule is Cn1cc(-n2ncc3cc(N4C(=O)C5(CC5)C(NC(=O)C5CC5)C4c4ccccc4)ccc32)ccc1=O. The van der Waals surface area contributed by atoms with E-state index >= 15 is 0 Å². The molecule has 3 fully saturated rings. The molecule has 2 atom stereocenters. The molecule has 8 nitrogen and oxygen atoms in total. The van der Waals surface area contributed by atoms with Crippen molar-refractivity contribution in [3.8, 4) is 5.69 Å². The zero-order valence-corrected chi connectivity index (χ0v) is 20.5. The van der Waals surface area contributed by atoms with E-state index in [0.29, 0.717) is 0 Å². The molecule has 186 valence electrons. The molecule has 3 aliphatic rings. The first-order chi connectivity index (χ1) is 18.0. The predicted octanol–water partition coefficient (Wildman–Crippen LogP) is 3.49. The Balaban J connectivity index is 1.31. The lowest BCUT2D eigenvalue weighted by Crippen LogP contribution is -2.44. The van der Waals surface area contributed by atoms with Crippen molar-refractivity contribution in [1.82, 2.24) is 19.7 Å². The highest BCUT2D eigenvalue weighted by molar-refractivity contribution is 6.05. The Bertz CT molecular complexity index is 1610. The van der Waals surface area contributed by atoms with Gasteiger partial charge in [-0.2, -0.15) is 5.10 Å². The highest BCUT2D eigenvalue weighted by Crippen LogP contribution is 2.60. The van der Waals surface area contributed by atoms with E-state index in [4.69, 9.17) is 0 Å². The lowest BCUT2D eigenvalue weighted by atomic mass is 9.91. The van der Waals surface area contributed by atoms with E-state index in [-0.39, 0.29) is 35.4 Å². The van der Waals surface area contributed by atoms with Gasteiger partial charge in [-0.3, -0.25) is 14.4 Å². The quantitative estimate of drug-likeness (QED) is 0.461. The van der Waals surface area contributed by atoms with Crippen LogP contribution in [0.1, 0.15) is 37.3 Å². The van der Waals surface area contributed by atoms with Crippen LogP contribution in [0.25, 0.3) is 16.6 Å². The van der Waals surface area contributed by atoms with Gasteiger partial charge < -0.3 is 14.8 Å². The maximum atomic E-state index is 14.0. The molecule has 37 heavy (non-hydrogen) atoms. The van der Waals surface area contributed by atoms with Crippen LogP contribution in [-0.2, 0) is 16.6 Å². The summed E-state index contributed by atoms with van der Waals surface area (Å²) in [6.45, 7) is 0. The maximum absolute atomic E-state index is 14.0. The largest absolute Gasteiger partial charge is 0.350 e. The average Bonchev–Trinajstić information content (AvgIpc) is 3.84. The molecule has 2 amide bonds. The normalized spacial score (nSPS) is 22.1. The highest BCUT2D eigenvalue weighted by Gasteiger charge is 2.67. The third kappa shape index (κ3) is 3.43. The van der Waals surface area contributed by atoms with Crippen molar-refractivity contribution in [2.24, 2.45) is 18.4 Å². The van der Waals surface area contributed by atoms with Gasteiger partial charge in [-0.15, -0.1) is 0 Å². The van der Waals surface area contributed by atoms with Crippen molar-refractivity contribution in [3.63, 3.8) is 0 Å². The average molecular weight is 494 g/mol. The van der Waals surface area contributed by atoms with Crippen LogP contribution in [0.2, 0.25) is 0 Å². The lowest BCUT2D eigenvalue weighted by molar-refractivity contribution is -0.124. The van der Waals surface area contributed by atoms with Crippen molar-refractivity contribution in [2.75, 3.05) is 4.90 Å². The molecule has 1 N–H and O–H groups in total. The summed E-state index contributed by atoms with van der Waals surface area (Å²) in [4.78, 5) is 40.6. The van der Waals surface area contributed by atoms with Crippen molar-refractivity contribution in [3.05, 3.63) is 89.0 Å². The number of hydrogen-bond donors (Lipinski definition) is 1. The summed E-state index contributed by atoms with van der Waals surface area (Å²) in [5, 5.41) is 8.75. The van der Waals surface area contributed by atoms with E-state index in [9.17, 15) is 14.4 Å². The van der Waals surface area contributed by atoms with Crippen LogP contribution >= 0.6 is 0 Å². The van der Waals surface area contributed by atoms with Gasteiger partial charge in [-0.05, 0) is 55.5 Å². The molecule has 4 aromatic rings. The molecular weight excluding hydrogens is 466 g/mol. The van der Waals surface area contributed by atoms with Crippen LogP contribution < -0.4 is 15.8 Å². The molecule has 0 radical (unpaired) electrons. The summed E-state index contributed by atoms with van der Waals surface area (Å²) in [6.07, 6.45) is 6.95. The molecule has 1 saturated heterocycles. The fraction of sp³-hybridized carbons (Fsp3) is 0.310. The molecule has 1 aliphatic heterocycles. The van der Waals surface area contributed by atoms with Crippen molar-refractivity contribution in [1.29, 1.82) is 0 Å². The first-order valence-electron chi connectivity index (χ1n) is 12.8. The van der Waals surface area contributed by atoms with Gasteiger partial charge in [0, 0.05) is 36.3 Å². The van der Waals surface area contributed by atoms with Gasteiger partial charge in [0.25, 0.3) is 0 Å². The number of nitrogens with zero attached hydrogens (tertiary/aromatic N) is 4. The van der Waals surface area contributed by atoms with Gasteiger partial charge in [0.1, 0.15) is 0 Å². The Morgan fingerprint density at radius 3 is 2.46 bits per heavy atom. The summed E-state index contributed by atoms with van der Waals surface area (Å²) >= 11 is 0. The molecule has 2 unspecified atom stereocenters. The monoisotopic (exact) mass is 493 g/mol. The molecule has 2 aromatic carbocycles. The minimum atomic E-state index is -0.543. The summed E-state index contributed by atoms with van der Waals surface area (Å²) < 4.78 is 3.32. The van der Waals surface area contributed by atoms with Crippen LogP contribution in [0.4, 0.5) is 5.69 Å². The third-order valence-electron chi connectivity index (χ3n) is 8.15. The van der Waals surface area contributed by atoms with Crippen LogP contribution in [0.3, 0.4) is 0 Å². The zero-order valence-electron chi connectivity index (χ0n) is 20.5. The topological polar surface area (TPSA) is 89.2 Å². The fourth-order valence-corrected chi connectivity index (χ4v) is 5.79. The summed E-state index contributed by atoms with van der Waals surface area (Å²) in [5.41, 5.74) is 2.84.